The zero-order chi connectivity index (χ0) is 14.7. The molecule has 3 aliphatic rings. The maximum atomic E-state index is 8.25. The van der Waals surface area contributed by atoms with Crippen LogP contribution >= 0.6 is 0 Å². The van der Waals surface area contributed by atoms with Gasteiger partial charge < -0.3 is 15.3 Å². The van der Waals surface area contributed by atoms with Gasteiger partial charge in [0.25, 0.3) is 0 Å². The van der Waals surface area contributed by atoms with Gasteiger partial charge in [0.05, 0.1) is 0 Å². The molecule has 0 heterocycles. The van der Waals surface area contributed by atoms with Crippen molar-refractivity contribution in [2.75, 3.05) is 21.3 Å². The third kappa shape index (κ3) is 5.75. The van der Waals surface area contributed by atoms with Crippen LogP contribution in [0, 0.1) is 6.42 Å². The molecule has 0 aromatic carbocycles. The van der Waals surface area contributed by atoms with Crippen molar-refractivity contribution < 1.29 is 37.0 Å². The van der Waals surface area contributed by atoms with E-state index in [4.69, 9.17) is 15.3 Å². The number of rotatable bonds is 0. The molecule has 4 heteroatoms. The second-order valence-corrected chi connectivity index (χ2v) is 4.57. The summed E-state index contributed by atoms with van der Waals surface area (Å²) in [4.78, 5) is 0. The van der Waals surface area contributed by atoms with Crippen molar-refractivity contribution in [2.45, 2.75) is 51.4 Å². The van der Waals surface area contributed by atoms with E-state index in [2.05, 4.69) is 6.42 Å². The van der Waals surface area contributed by atoms with Crippen LogP contribution in [0.4, 0.5) is 0 Å². The van der Waals surface area contributed by atoms with Crippen LogP contribution in [0.5, 0.6) is 0 Å². The molecule has 3 nitrogen and oxygen atoms in total. The van der Waals surface area contributed by atoms with Crippen LogP contribution in [0.25, 0.3) is 0 Å². The van der Waals surface area contributed by atoms with Crippen molar-refractivity contribution in [1.29, 1.82) is 0 Å². The number of allylic oxidation sites excluding steroid dienone is 4. The molecule has 0 fully saturated rings. The molecule has 0 amide bonds. The van der Waals surface area contributed by atoms with E-state index in [-0.39, 0.29) is 21.7 Å². The fraction of sp³-hybridized carbons (Fsp3) is 0.688. The molecule has 0 atom stereocenters. The monoisotopic (exact) mass is 314 g/mol. The molecule has 0 saturated heterocycles. The summed E-state index contributed by atoms with van der Waals surface area (Å²) in [7, 11) is 2.25. The zero-order valence-corrected chi connectivity index (χ0v) is 14.5. The van der Waals surface area contributed by atoms with E-state index in [1.165, 1.54) is 51.4 Å². The van der Waals surface area contributed by atoms with Gasteiger partial charge in [0, 0.05) is 0 Å². The average Bonchev–Trinajstić information content (AvgIpc) is 2.92. The summed E-state index contributed by atoms with van der Waals surface area (Å²) in [5.74, 6) is 0. The Labute approximate surface area is 138 Å². The van der Waals surface area contributed by atoms with Gasteiger partial charge in [-0.1, -0.05) is 24.8 Å². The van der Waals surface area contributed by atoms with Crippen molar-refractivity contribution in [3.63, 3.8) is 0 Å². The standard InChI is InChI=1S/C13H17.3CH3O.Ti/c1-3-7-12-10(5-1)9-11-6-2-4-8-13(11)12;3*1-2;/h5H,1-4,6-9H2;3*1H3;/q4*-1;+4. The fourth-order valence-electron chi connectivity index (χ4n) is 3.12. The predicted molar refractivity (Wildman–Crippen MR) is 73.1 cm³/mol. The maximum absolute atomic E-state index is 8.25. The zero-order valence-electron chi connectivity index (χ0n) is 13.0. The van der Waals surface area contributed by atoms with Crippen molar-refractivity contribution in [3.05, 3.63) is 28.7 Å². The van der Waals surface area contributed by atoms with Crippen LogP contribution in [-0.4, -0.2) is 21.3 Å². The van der Waals surface area contributed by atoms with Gasteiger partial charge in [-0.3, -0.25) is 0 Å². The fourth-order valence-corrected chi connectivity index (χ4v) is 3.12. The molecule has 0 aliphatic heterocycles. The molecule has 0 bridgehead atoms. The van der Waals surface area contributed by atoms with Gasteiger partial charge in [-0.05, 0) is 25.7 Å². The van der Waals surface area contributed by atoms with Crippen LogP contribution in [0.1, 0.15) is 51.4 Å². The average molecular weight is 314 g/mol. The molecular weight excluding hydrogens is 288 g/mol. The van der Waals surface area contributed by atoms with Gasteiger partial charge in [-0.25, -0.2) is 12.0 Å². The molecule has 0 aromatic rings. The Kier molecular flexibility index (Phi) is 15.5. The minimum absolute atomic E-state index is 0. The van der Waals surface area contributed by atoms with Crippen LogP contribution in [-0.2, 0) is 21.7 Å². The van der Waals surface area contributed by atoms with E-state index in [0.717, 1.165) is 21.3 Å². The number of fused-ring (bicyclic) bond motifs is 1. The van der Waals surface area contributed by atoms with Gasteiger partial charge >= 0.3 is 21.7 Å². The summed E-state index contributed by atoms with van der Waals surface area (Å²) in [5, 5.41) is 24.8. The summed E-state index contributed by atoms with van der Waals surface area (Å²) in [6, 6.07) is 0. The van der Waals surface area contributed by atoms with E-state index >= 15 is 0 Å². The van der Waals surface area contributed by atoms with Crippen molar-refractivity contribution >= 4 is 0 Å². The topological polar surface area (TPSA) is 69.2 Å². The Hall–Kier alpha value is -0.0557. The van der Waals surface area contributed by atoms with Gasteiger partial charge in [-0.15, -0.1) is 12.0 Å². The Morgan fingerprint density at radius 2 is 1.30 bits per heavy atom. The molecule has 0 N–H and O–H groups in total. The molecule has 112 valence electrons. The van der Waals surface area contributed by atoms with Crippen LogP contribution in [0.3, 0.4) is 0 Å². The second kappa shape index (κ2) is 13.9. The van der Waals surface area contributed by atoms with E-state index in [1.54, 1.807) is 22.3 Å². The molecule has 3 aliphatic carbocycles. The normalized spacial score (nSPS) is 18.5. The molecule has 20 heavy (non-hydrogen) atoms. The third-order valence-electron chi connectivity index (χ3n) is 3.76. The Morgan fingerprint density at radius 1 is 0.750 bits per heavy atom. The molecule has 0 spiro atoms. The smallest absolute Gasteiger partial charge is 0.857 e. The molecular formula is C16H26O3Ti. The molecule has 0 radical (unpaired) electrons. The summed E-state index contributed by atoms with van der Waals surface area (Å²) < 4.78 is 0. The van der Waals surface area contributed by atoms with Gasteiger partial charge in [0.1, 0.15) is 0 Å². The molecule has 0 unspecified atom stereocenters. The first-order valence-electron chi connectivity index (χ1n) is 6.94. The summed E-state index contributed by atoms with van der Waals surface area (Å²) in [5.41, 5.74) is 7.06. The Balaban J connectivity index is 0. The van der Waals surface area contributed by atoms with Gasteiger partial charge in [0.15, 0.2) is 0 Å². The third-order valence-corrected chi connectivity index (χ3v) is 3.76. The van der Waals surface area contributed by atoms with E-state index < -0.39 is 0 Å². The predicted octanol–water partition coefficient (Wildman–Crippen LogP) is 0.872. The largest absolute Gasteiger partial charge is 4.00 e. The number of hydrogen-bond acceptors (Lipinski definition) is 3. The first-order chi connectivity index (χ1) is 9.45. The van der Waals surface area contributed by atoms with Crippen LogP contribution in [0.2, 0.25) is 0 Å². The summed E-state index contributed by atoms with van der Waals surface area (Å²) in [6.07, 6.45) is 13.6. The van der Waals surface area contributed by atoms with E-state index in [1.807, 2.05) is 0 Å². The van der Waals surface area contributed by atoms with Crippen LogP contribution < -0.4 is 15.3 Å². The molecule has 0 aromatic heterocycles. The minimum Gasteiger partial charge on any atom is -0.857 e. The minimum atomic E-state index is 0. The SMILES string of the molecule is C[O-].C[O-].C[O-].[CH-]1CCCC2=C1CC1=C2CCCC1.[Ti+4]. The second-order valence-electron chi connectivity index (χ2n) is 4.57. The quantitative estimate of drug-likeness (QED) is 0.492. The summed E-state index contributed by atoms with van der Waals surface area (Å²) in [6.45, 7) is 0. The van der Waals surface area contributed by atoms with Crippen molar-refractivity contribution in [1.82, 2.24) is 0 Å². The maximum Gasteiger partial charge on any atom is 4.00 e. The first kappa shape index (κ1) is 22.2. The summed E-state index contributed by atoms with van der Waals surface area (Å²) >= 11 is 0. The van der Waals surface area contributed by atoms with E-state index in [9.17, 15) is 0 Å². The molecule has 3 rings (SSSR count). The van der Waals surface area contributed by atoms with Crippen LogP contribution in [0.15, 0.2) is 22.3 Å². The first-order valence-corrected chi connectivity index (χ1v) is 6.94. The Bertz CT molecular complexity index is 279. The Morgan fingerprint density at radius 3 is 1.95 bits per heavy atom. The van der Waals surface area contributed by atoms with Crippen molar-refractivity contribution in [3.8, 4) is 0 Å². The van der Waals surface area contributed by atoms with E-state index in [0.29, 0.717) is 0 Å². The van der Waals surface area contributed by atoms with Gasteiger partial charge in [-0.2, -0.15) is 26.9 Å². The van der Waals surface area contributed by atoms with Gasteiger partial charge in [0.2, 0.25) is 0 Å². The van der Waals surface area contributed by atoms with Crippen molar-refractivity contribution in [2.24, 2.45) is 0 Å². The molecule has 0 saturated carbocycles. The number of hydrogen-bond donors (Lipinski definition) is 0.